The first-order chi connectivity index (χ1) is 9.74. The normalized spacial score (nSPS) is 17.1. The van der Waals surface area contributed by atoms with Gasteiger partial charge in [0.2, 0.25) is 0 Å². The first-order valence-electron chi connectivity index (χ1n) is 7.24. The van der Waals surface area contributed by atoms with E-state index < -0.39 is 0 Å². The van der Waals surface area contributed by atoms with Crippen molar-refractivity contribution in [3.63, 3.8) is 0 Å². The molecule has 1 aliphatic heterocycles. The quantitative estimate of drug-likeness (QED) is 0.775. The van der Waals surface area contributed by atoms with Gasteiger partial charge in [-0.3, -0.25) is 4.90 Å². The van der Waals surface area contributed by atoms with Crippen LogP contribution in [0, 0.1) is 0 Å². The molecular weight excluding hydrogens is 254 g/mol. The van der Waals surface area contributed by atoms with Crippen LogP contribution < -0.4 is 0 Å². The number of nitrogens with zero attached hydrogens (tertiary/aromatic N) is 1. The molecule has 2 rings (SSSR count). The first-order valence-corrected chi connectivity index (χ1v) is 7.24. The van der Waals surface area contributed by atoms with Gasteiger partial charge in [0.25, 0.3) is 0 Å². The maximum Gasteiger partial charge on any atom is 0.338 e. The van der Waals surface area contributed by atoms with Crippen LogP contribution in [0.1, 0.15) is 35.7 Å². The Bertz CT molecular complexity index is 439. The van der Waals surface area contributed by atoms with E-state index in [-0.39, 0.29) is 5.97 Å². The molecule has 110 valence electrons. The van der Waals surface area contributed by atoms with Gasteiger partial charge in [-0.2, -0.15) is 0 Å². The standard InChI is InChI=1S/C16H23NO3/c1-3-20-14-8-10-17(11-9-14)12-13-6-4-5-7-15(13)16(18)19-2/h4-7,14H,3,8-12H2,1-2H3. The van der Waals surface area contributed by atoms with Gasteiger partial charge in [-0.15, -0.1) is 0 Å². The Morgan fingerprint density at radius 1 is 1.30 bits per heavy atom. The molecule has 0 atom stereocenters. The highest BCUT2D eigenvalue weighted by Crippen LogP contribution is 2.18. The number of likely N-dealkylation sites (tertiary alicyclic amines) is 1. The third-order valence-electron chi connectivity index (χ3n) is 3.75. The predicted molar refractivity (Wildman–Crippen MR) is 77.7 cm³/mol. The largest absolute Gasteiger partial charge is 0.465 e. The van der Waals surface area contributed by atoms with E-state index in [0.717, 1.165) is 44.6 Å². The molecule has 1 aromatic rings. The number of hydrogen-bond acceptors (Lipinski definition) is 4. The van der Waals surface area contributed by atoms with Crippen molar-refractivity contribution >= 4 is 5.97 Å². The predicted octanol–water partition coefficient (Wildman–Crippen LogP) is 2.47. The lowest BCUT2D eigenvalue weighted by Crippen LogP contribution is -2.36. The van der Waals surface area contributed by atoms with Crippen molar-refractivity contribution in [2.24, 2.45) is 0 Å². The number of ether oxygens (including phenoxy) is 2. The number of methoxy groups -OCH3 is 1. The van der Waals surface area contributed by atoms with Crippen LogP contribution in [0.4, 0.5) is 0 Å². The van der Waals surface area contributed by atoms with Crippen molar-refractivity contribution in [1.82, 2.24) is 4.90 Å². The van der Waals surface area contributed by atoms with Crippen LogP contribution >= 0.6 is 0 Å². The lowest BCUT2D eigenvalue weighted by molar-refractivity contribution is 0.0124. The van der Waals surface area contributed by atoms with Crippen LogP contribution in [0.2, 0.25) is 0 Å². The Morgan fingerprint density at radius 2 is 2.00 bits per heavy atom. The molecular formula is C16H23NO3. The van der Waals surface area contributed by atoms with Gasteiger partial charge in [-0.25, -0.2) is 4.79 Å². The summed E-state index contributed by atoms with van der Waals surface area (Å²) in [5.41, 5.74) is 1.70. The summed E-state index contributed by atoms with van der Waals surface area (Å²) in [4.78, 5) is 14.1. The van der Waals surface area contributed by atoms with E-state index in [1.165, 1.54) is 7.11 Å². The molecule has 0 bridgehead atoms. The Hall–Kier alpha value is -1.39. The van der Waals surface area contributed by atoms with Crippen LogP contribution in [0.5, 0.6) is 0 Å². The van der Waals surface area contributed by atoms with Gasteiger partial charge in [0.15, 0.2) is 0 Å². The van der Waals surface area contributed by atoms with E-state index in [2.05, 4.69) is 4.90 Å². The topological polar surface area (TPSA) is 38.8 Å². The molecule has 0 radical (unpaired) electrons. The van der Waals surface area contributed by atoms with Crippen molar-refractivity contribution < 1.29 is 14.3 Å². The number of carbonyl (C=O) groups excluding carboxylic acids is 1. The highest BCUT2D eigenvalue weighted by atomic mass is 16.5. The molecule has 0 amide bonds. The lowest BCUT2D eigenvalue weighted by atomic mass is 10.0. The fraction of sp³-hybridized carbons (Fsp3) is 0.562. The van der Waals surface area contributed by atoms with Gasteiger partial charge in [-0.05, 0) is 31.4 Å². The molecule has 0 aromatic heterocycles. The molecule has 20 heavy (non-hydrogen) atoms. The van der Waals surface area contributed by atoms with Crippen LogP contribution in [0.25, 0.3) is 0 Å². The second kappa shape index (κ2) is 7.41. The zero-order chi connectivity index (χ0) is 14.4. The number of piperidine rings is 1. The molecule has 1 aliphatic rings. The highest BCUT2D eigenvalue weighted by Gasteiger charge is 2.21. The van der Waals surface area contributed by atoms with Gasteiger partial charge in [0, 0.05) is 26.2 Å². The average molecular weight is 277 g/mol. The maximum atomic E-state index is 11.8. The van der Waals surface area contributed by atoms with E-state index in [0.29, 0.717) is 11.7 Å². The van der Waals surface area contributed by atoms with Gasteiger partial charge in [-0.1, -0.05) is 18.2 Å². The summed E-state index contributed by atoms with van der Waals surface area (Å²) in [5, 5.41) is 0. The third-order valence-corrected chi connectivity index (χ3v) is 3.75. The molecule has 1 heterocycles. The van der Waals surface area contributed by atoms with Crippen LogP contribution in [0.15, 0.2) is 24.3 Å². The summed E-state index contributed by atoms with van der Waals surface area (Å²) in [7, 11) is 1.42. The van der Waals surface area contributed by atoms with Crippen LogP contribution in [0.3, 0.4) is 0 Å². The molecule has 0 spiro atoms. The van der Waals surface area contributed by atoms with Crippen molar-refractivity contribution in [2.45, 2.75) is 32.4 Å². The summed E-state index contributed by atoms with van der Waals surface area (Å²) < 4.78 is 10.5. The van der Waals surface area contributed by atoms with Crippen molar-refractivity contribution in [3.05, 3.63) is 35.4 Å². The monoisotopic (exact) mass is 277 g/mol. The summed E-state index contributed by atoms with van der Waals surface area (Å²) in [6.07, 6.45) is 2.52. The number of carbonyl (C=O) groups is 1. The third kappa shape index (κ3) is 3.81. The molecule has 1 aromatic carbocycles. The fourth-order valence-electron chi connectivity index (χ4n) is 2.68. The van der Waals surface area contributed by atoms with E-state index in [9.17, 15) is 4.79 Å². The van der Waals surface area contributed by atoms with Crippen LogP contribution in [-0.2, 0) is 16.0 Å². The fourth-order valence-corrected chi connectivity index (χ4v) is 2.68. The van der Waals surface area contributed by atoms with Gasteiger partial charge in [0.1, 0.15) is 0 Å². The molecule has 0 saturated carbocycles. The number of hydrogen-bond donors (Lipinski definition) is 0. The molecule has 4 heteroatoms. The zero-order valence-electron chi connectivity index (χ0n) is 12.3. The molecule has 0 unspecified atom stereocenters. The minimum Gasteiger partial charge on any atom is -0.465 e. The molecule has 1 saturated heterocycles. The molecule has 0 N–H and O–H groups in total. The summed E-state index contributed by atoms with van der Waals surface area (Å²) in [5.74, 6) is -0.259. The van der Waals surface area contributed by atoms with Gasteiger partial charge in [0.05, 0.1) is 18.8 Å². The number of rotatable bonds is 5. The second-order valence-corrected chi connectivity index (χ2v) is 5.08. The van der Waals surface area contributed by atoms with E-state index in [4.69, 9.17) is 9.47 Å². The Morgan fingerprint density at radius 3 is 2.65 bits per heavy atom. The zero-order valence-corrected chi connectivity index (χ0v) is 12.3. The van der Waals surface area contributed by atoms with E-state index in [1.807, 2.05) is 31.2 Å². The van der Waals surface area contributed by atoms with Crippen molar-refractivity contribution in [3.8, 4) is 0 Å². The summed E-state index contributed by atoms with van der Waals surface area (Å²) in [6, 6.07) is 7.67. The first kappa shape index (κ1) is 15.0. The molecule has 1 fully saturated rings. The van der Waals surface area contributed by atoms with Gasteiger partial charge < -0.3 is 9.47 Å². The highest BCUT2D eigenvalue weighted by molar-refractivity contribution is 5.90. The van der Waals surface area contributed by atoms with Crippen LogP contribution in [-0.4, -0.2) is 43.8 Å². The Kier molecular flexibility index (Phi) is 5.56. The maximum absolute atomic E-state index is 11.8. The molecule has 4 nitrogen and oxygen atoms in total. The van der Waals surface area contributed by atoms with E-state index >= 15 is 0 Å². The summed E-state index contributed by atoms with van der Waals surface area (Å²) in [6.45, 7) is 5.65. The van der Waals surface area contributed by atoms with Crippen molar-refractivity contribution in [2.75, 3.05) is 26.8 Å². The molecule has 0 aliphatic carbocycles. The Labute approximate surface area is 120 Å². The minimum atomic E-state index is -0.259. The number of esters is 1. The SMILES string of the molecule is CCOC1CCN(Cc2ccccc2C(=O)OC)CC1. The van der Waals surface area contributed by atoms with E-state index in [1.54, 1.807) is 0 Å². The van der Waals surface area contributed by atoms with Gasteiger partial charge >= 0.3 is 5.97 Å². The minimum absolute atomic E-state index is 0.259. The smallest absolute Gasteiger partial charge is 0.338 e. The van der Waals surface area contributed by atoms with Crippen molar-refractivity contribution in [1.29, 1.82) is 0 Å². The average Bonchev–Trinajstić information content (AvgIpc) is 2.49. The lowest BCUT2D eigenvalue weighted by Gasteiger charge is -2.32. The Balaban J connectivity index is 1.96. The second-order valence-electron chi connectivity index (χ2n) is 5.08. The summed E-state index contributed by atoms with van der Waals surface area (Å²) >= 11 is 0. The number of benzene rings is 1.